The van der Waals surface area contributed by atoms with Gasteiger partial charge in [-0.15, -0.1) is 0 Å². The monoisotopic (exact) mass is 362 g/mol. The van der Waals surface area contributed by atoms with Gasteiger partial charge in [0.2, 0.25) is 0 Å². The van der Waals surface area contributed by atoms with Crippen molar-refractivity contribution < 1.29 is 19.4 Å². The Hall–Kier alpha value is -2.48. The fraction of sp³-hybridized carbons (Fsp3) is 0.353. The standard InChI is InChI=1S/C17H18N2O5S/c1-8-13-15(20)18-12(19-16(13)25-14(8)17(21)22)7-9-4-5-10(23-2)11(6-9)24-3/h4-6,8,14H,7H2,1-3H3,(H,21,22)(H,18,19,20). The number of carboxylic acids is 1. The van der Waals surface area contributed by atoms with Crippen molar-refractivity contribution in [2.45, 2.75) is 29.5 Å². The van der Waals surface area contributed by atoms with Crippen LogP contribution >= 0.6 is 11.8 Å². The molecule has 132 valence electrons. The first-order chi connectivity index (χ1) is 11.9. The molecule has 1 aliphatic rings. The molecule has 0 spiro atoms. The molecule has 2 unspecified atom stereocenters. The second-order valence-corrected chi connectivity index (χ2v) is 6.89. The van der Waals surface area contributed by atoms with Gasteiger partial charge in [-0.2, -0.15) is 0 Å². The molecule has 2 aromatic rings. The van der Waals surface area contributed by atoms with Crippen molar-refractivity contribution in [2.75, 3.05) is 14.2 Å². The van der Waals surface area contributed by atoms with E-state index < -0.39 is 11.2 Å². The summed E-state index contributed by atoms with van der Waals surface area (Å²) in [7, 11) is 3.12. The predicted molar refractivity (Wildman–Crippen MR) is 92.9 cm³/mol. The van der Waals surface area contributed by atoms with Gasteiger partial charge in [0.1, 0.15) is 16.1 Å². The molecule has 2 atom stereocenters. The Morgan fingerprint density at radius 1 is 1.32 bits per heavy atom. The highest BCUT2D eigenvalue weighted by molar-refractivity contribution is 8.00. The molecule has 1 aromatic carbocycles. The zero-order chi connectivity index (χ0) is 18.1. The summed E-state index contributed by atoms with van der Waals surface area (Å²) in [6, 6.07) is 5.48. The Kier molecular flexibility index (Phi) is 4.71. The van der Waals surface area contributed by atoms with Crippen LogP contribution in [-0.2, 0) is 11.2 Å². The van der Waals surface area contributed by atoms with E-state index in [2.05, 4.69) is 9.97 Å². The minimum atomic E-state index is -0.934. The smallest absolute Gasteiger partial charge is 0.317 e. The number of nitrogens with one attached hydrogen (secondary N) is 1. The third-order valence-corrected chi connectivity index (χ3v) is 5.58. The largest absolute Gasteiger partial charge is 0.493 e. The molecule has 0 bridgehead atoms. The molecule has 25 heavy (non-hydrogen) atoms. The maximum atomic E-state index is 12.4. The summed E-state index contributed by atoms with van der Waals surface area (Å²) in [5.41, 5.74) is 1.07. The van der Waals surface area contributed by atoms with E-state index in [-0.39, 0.29) is 11.5 Å². The number of benzene rings is 1. The number of nitrogens with zero attached hydrogens (tertiary/aromatic N) is 1. The second kappa shape index (κ2) is 6.79. The van der Waals surface area contributed by atoms with Crippen LogP contribution < -0.4 is 15.0 Å². The zero-order valence-corrected chi connectivity index (χ0v) is 14.8. The second-order valence-electron chi connectivity index (χ2n) is 5.76. The van der Waals surface area contributed by atoms with E-state index in [1.807, 2.05) is 12.1 Å². The van der Waals surface area contributed by atoms with Crippen molar-refractivity contribution in [1.82, 2.24) is 9.97 Å². The SMILES string of the molecule is COc1ccc(Cc2nc3c(c(=O)[nH]2)C(C)C(C(=O)O)S3)cc1OC. The summed E-state index contributed by atoms with van der Waals surface area (Å²) in [6.45, 7) is 1.74. The van der Waals surface area contributed by atoms with Crippen LogP contribution in [0.15, 0.2) is 28.0 Å². The molecule has 2 N–H and O–H groups in total. The average molecular weight is 362 g/mol. The van der Waals surface area contributed by atoms with Gasteiger partial charge in [-0.1, -0.05) is 24.8 Å². The van der Waals surface area contributed by atoms with E-state index in [9.17, 15) is 14.7 Å². The molecular weight excluding hydrogens is 344 g/mol. The summed E-state index contributed by atoms with van der Waals surface area (Å²) >= 11 is 1.13. The summed E-state index contributed by atoms with van der Waals surface area (Å²) in [4.78, 5) is 30.9. The predicted octanol–water partition coefficient (Wildman–Crippen LogP) is 2.04. The Labute approximate surface area is 148 Å². The highest BCUT2D eigenvalue weighted by atomic mass is 32.2. The number of methoxy groups -OCH3 is 2. The molecule has 0 amide bonds. The van der Waals surface area contributed by atoms with Gasteiger partial charge in [0.15, 0.2) is 11.5 Å². The molecule has 0 fully saturated rings. The van der Waals surface area contributed by atoms with E-state index in [4.69, 9.17) is 9.47 Å². The van der Waals surface area contributed by atoms with Crippen LogP contribution in [-0.4, -0.2) is 40.5 Å². The van der Waals surface area contributed by atoms with Crippen LogP contribution in [0.2, 0.25) is 0 Å². The van der Waals surface area contributed by atoms with Gasteiger partial charge in [-0.3, -0.25) is 9.59 Å². The summed E-state index contributed by atoms with van der Waals surface area (Å²) in [5.74, 6) is 0.398. The summed E-state index contributed by atoms with van der Waals surface area (Å²) < 4.78 is 10.5. The highest BCUT2D eigenvalue weighted by Crippen LogP contribution is 2.42. The zero-order valence-electron chi connectivity index (χ0n) is 14.0. The fourth-order valence-corrected chi connectivity index (χ4v) is 4.15. The van der Waals surface area contributed by atoms with Gasteiger partial charge < -0.3 is 19.6 Å². The van der Waals surface area contributed by atoms with Crippen molar-refractivity contribution in [2.24, 2.45) is 0 Å². The minimum Gasteiger partial charge on any atom is -0.493 e. The first-order valence-electron chi connectivity index (χ1n) is 7.68. The van der Waals surface area contributed by atoms with Crippen LogP contribution in [0.1, 0.15) is 29.8 Å². The fourth-order valence-electron chi connectivity index (χ4n) is 2.90. The van der Waals surface area contributed by atoms with Crippen molar-refractivity contribution in [3.63, 3.8) is 0 Å². The van der Waals surface area contributed by atoms with Gasteiger partial charge >= 0.3 is 5.97 Å². The molecule has 0 saturated carbocycles. The van der Waals surface area contributed by atoms with E-state index >= 15 is 0 Å². The summed E-state index contributed by atoms with van der Waals surface area (Å²) in [5, 5.41) is 9.09. The highest BCUT2D eigenvalue weighted by Gasteiger charge is 2.38. The third-order valence-electron chi connectivity index (χ3n) is 4.18. The van der Waals surface area contributed by atoms with Gasteiger partial charge in [-0.05, 0) is 17.7 Å². The Balaban J connectivity index is 1.92. The van der Waals surface area contributed by atoms with Crippen molar-refractivity contribution in [3.05, 3.63) is 45.5 Å². The number of H-pyrrole nitrogens is 1. The van der Waals surface area contributed by atoms with Crippen LogP contribution in [0, 0.1) is 0 Å². The molecule has 2 heterocycles. The lowest BCUT2D eigenvalue weighted by Crippen LogP contribution is -2.23. The van der Waals surface area contributed by atoms with Crippen LogP contribution in [0.25, 0.3) is 0 Å². The maximum Gasteiger partial charge on any atom is 0.317 e. The number of hydrogen-bond donors (Lipinski definition) is 2. The lowest BCUT2D eigenvalue weighted by atomic mass is 10.0. The molecule has 3 rings (SSSR count). The number of hydrogen-bond acceptors (Lipinski definition) is 6. The molecule has 7 nitrogen and oxygen atoms in total. The van der Waals surface area contributed by atoms with Crippen molar-refractivity contribution >= 4 is 17.7 Å². The van der Waals surface area contributed by atoms with Crippen LogP contribution in [0.5, 0.6) is 11.5 Å². The van der Waals surface area contributed by atoms with Gasteiger partial charge in [0.05, 0.1) is 19.8 Å². The quantitative estimate of drug-likeness (QED) is 0.785. The Bertz CT molecular complexity index is 880. The molecule has 1 aromatic heterocycles. The van der Waals surface area contributed by atoms with E-state index in [0.29, 0.717) is 34.3 Å². The first-order valence-corrected chi connectivity index (χ1v) is 8.56. The van der Waals surface area contributed by atoms with Gasteiger partial charge in [-0.25, -0.2) is 4.98 Å². The molecule has 1 aliphatic heterocycles. The lowest BCUT2D eigenvalue weighted by Gasteiger charge is -2.10. The lowest BCUT2D eigenvalue weighted by molar-refractivity contribution is -0.136. The molecule has 0 aliphatic carbocycles. The van der Waals surface area contributed by atoms with E-state index in [1.54, 1.807) is 27.2 Å². The Morgan fingerprint density at radius 3 is 2.68 bits per heavy atom. The number of thioether (sulfide) groups is 1. The number of fused-ring (bicyclic) bond motifs is 1. The van der Waals surface area contributed by atoms with E-state index in [1.165, 1.54) is 0 Å². The average Bonchev–Trinajstić information content (AvgIpc) is 2.92. The number of rotatable bonds is 5. The number of aromatic amines is 1. The third kappa shape index (κ3) is 3.21. The Morgan fingerprint density at radius 2 is 2.04 bits per heavy atom. The molecule has 0 radical (unpaired) electrons. The molecule has 0 saturated heterocycles. The first kappa shape index (κ1) is 17.3. The number of aromatic nitrogens is 2. The van der Waals surface area contributed by atoms with Crippen molar-refractivity contribution in [1.29, 1.82) is 0 Å². The van der Waals surface area contributed by atoms with Crippen LogP contribution in [0.3, 0.4) is 0 Å². The normalized spacial score (nSPS) is 18.7. The molecule has 8 heteroatoms. The number of ether oxygens (including phenoxy) is 2. The molecular formula is C17H18N2O5S. The number of carbonyl (C=O) groups is 1. The van der Waals surface area contributed by atoms with Gasteiger partial charge in [0, 0.05) is 12.3 Å². The number of aliphatic carboxylic acids is 1. The maximum absolute atomic E-state index is 12.4. The minimum absolute atomic E-state index is 0.274. The topological polar surface area (TPSA) is 102 Å². The summed E-state index contributed by atoms with van der Waals surface area (Å²) in [6.07, 6.45) is 0.398. The van der Waals surface area contributed by atoms with Crippen LogP contribution in [0.4, 0.5) is 0 Å². The number of carboxylic acid groups (broad SMARTS) is 1. The van der Waals surface area contributed by atoms with Gasteiger partial charge in [0.25, 0.3) is 5.56 Å². The van der Waals surface area contributed by atoms with Crippen molar-refractivity contribution in [3.8, 4) is 11.5 Å². The van der Waals surface area contributed by atoms with E-state index in [0.717, 1.165) is 17.3 Å².